The number of nitrogens with zero attached hydrogens (tertiary/aromatic N) is 5. The molecule has 0 unspecified atom stereocenters. The number of amides is 2. The van der Waals surface area contributed by atoms with Crippen LogP contribution in [-0.4, -0.2) is 63.5 Å². The highest BCUT2D eigenvalue weighted by Gasteiger charge is 2.20. The number of hydrogen-bond acceptors (Lipinski definition) is 6. The Morgan fingerprint density at radius 2 is 2.09 bits per heavy atom. The molecule has 2 amide bonds. The Bertz CT molecular complexity index is 665. The van der Waals surface area contributed by atoms with Gasteiger partial charge in [0.25, 0.3) is 0 Å². The van der Waals surface area contributed by atoms with Gasteiger partial charge in [0.05, 0.1) is 5.56 Å². The summed E-state index contributed by atoms with van der Waals surface area (Å²) >= 11 is 0. The summed E-state index contributed by atoms with van der Waals surface area (Å²) < 4.78 is 5.55. The maximum atomic E-state index is 12.2. The Morgan fingerprint density at radius 1 is 1.26 bits per heavy atom. The second kappa shape index (κ2) is 6.99. The summed E-state index contributed by atoms with van der Waals surface area (Å²) in [6.07, 6.45) is 4.86. The Balaban J connectivity index is 1.52. The number of aromatic nitrogens is 3. The highest BCUT2D eigenvalue weighted by atomic mass is 16.4. The molecule has 2 aromatic heterocycles. The van der Waals surface area contributed by atoms with Gasteiger partial charge in [-0.05, 0) is 12.1 Å². The minimum absolute atomic E-state index is 0.0386. The standard InChI is InChI=1S/C15H17N5O3/c21-11-19-6-8-20(9-7-19)14(22)4-3-13-17-18-15(23-13)12-2-1-5-16-10-12/h1-2,5,10-11H,3-4,6-9H2. The van der Waals surface area contributed by atoms with Gasteiger partial charge in [-0.25, -0.2) is 0 Å². The van der Waals surface area contributed by atoms with E-state index < -0.39 is 0 Å². The first kappa shape index (κ1) is 15.1. The quantitative estimate of drug-likeness (QED) is 0.740. The van der Waals surface area contributed by atoms with E-state index in [1.165, 1.54) is 0 Å². The minimum Gasteiger partial charge on any atom is -0.421 e. The fourth-order valence-corrected chi connectivity index (χ4v) is 2.41. The number of carbonyl (C=O) groups excluding carboxylic acids is 2. The molecule has 0 atom stereocenters. The molecule has 1 aliphatic heterocycles. The number of pyridine rings is 1. The van der Waals surface area contributed by atoms with E-state index in [-0.39, 0.29) is 5.91 Å². The summed E-state index contributed by atoms with van der Waals surface area (Å²) in [6.45, 7) is 2.31. The Hall–Kier alpha value is -2.77. The van der Waals surface area contributed by atoms with Gasteiger partial charge >= 0.3 is 0 Å². The molecular formula is C15H17N5O3. The van der Waals surface area contributed by atoms with Gasteiger partial charge in [-0.1, -0.05) is 0 Å². The first-order chi connectivity index (χ1) is 11.3. The number of carbonyl (C=O) groups is 2. The van der Waals surface area contributed by atoms with Crippen molar-refractivity contribution in [3.8, 4) is 11.5 Å². The van der Waals surface area contributed by atoms with Crippen LogP contribution in [-0.2, 0) is 16.0 Å². The van der Waals surface area contributed by atoms with Gasteiger partial charge in [-0.15, -0.1) is 10.2 Å². The van der Waals surface area contributed by atoms with Crippen LogP contribution in [0.2, 0.25) is 0 Å². The average Bonchev–Trinajstić information content (AvgIpc) is 3.09. The van der Waals surface area contributed by atoms with Gasteiger partial charge in [-0.3, -0.25) is 14.6 Å². The summed E-state index contributed by atoms with van der Waals surface area (Å²) in [4.78, 5) is 30.3. The molecule has 1 saturated heterocycles. The zero-order valence-electron chi connectivity index (χ0n) is 12.6. The van der Waals surface area contributed by atoms with Crippen molar-refractivity contribution in [2.24, 2.45) is 0 Å². The maximum Gasteiger partial charge on any atom is 0.249 e. The lowest BCUT2D eigenvalue weighted by atomic mass is 10.2. The van der Waals surface area contributed by atoms with Crippen molar-refractivity contribution in [1.82, 2.24) is 25.0 Å². The molecule has 1 aliphatic rings. The molecule has 0 aliphatic carbocycles. The fraction of sp³-hybridized carbons (Fsp3) is 0.400. The van der Waals surface area contributed by atoms with Crippen LogP contribution in [0.3, 0.4) is 0 Å². The molecule has 0 aromatic carbocycles. The third-order valence-corrected chi connectivity index (χ3v) is 3.74. The number of piperazine rings is 1. The van der Waals surface area contributed by atoms with E-state index in [2.05, 4.69) is 15.2 Å². The van der Waals surface area contributed by atoms with Crippen LogP contribution in [0.5, 0.6) is 0 Å². The monoisotopic (exact) mass is 315 g/mol. The summed E-state index contributed by atoms with van der Waals surface area (Å²) in [5.74, 6) is 0.876. The van der Waals surface area contributed by atoms with E-state index in [1.807, 2.05) is 6.07 Å². The lowest BCUT2D eigenvalue weighted by Gasteiger charge is -2.32. The van der Waals surface area contributed by atoms with Gasteiger partial charge in [-0.2, -0.15) is 0 Å². The molecule has 23 heavy (non-hydrogen) atoms. The second-order valence-corrected chi connectivity index (χ2v) is 5.26. The fourth-order valence-electron chi connectivity index (χ4n) is 2.41. The first-order valence-electron chi connectivity index (χ1n) is 7.46. The van der Waals surface area contributed by atoms with Crippen molar-refractivity contribution in [3.05, 3.63) is 30.4 Å². The van der Waals surface area contributed by atoms with Gasteiger partial charge in [0.2, 0.25) is 24.1 Å². The maximum absolute atomic E-state index is 12.2. The molecule has 0 radical (unpaired) electrons. The van der Waals surface area contributed by atoms with Crippen molar-refractivity contribution in [3.63, 3.8) is 0 Å². The number of aryl methyl sites for hydroxylation is 1. The molecular weight excluding hydrogens is 298 g/mol. The van der Waals surface area contributed by atoms with Crippen molar-refractivity contribution in [1.29, 1.82) is 0 Å². The van der Waals surface area contributed by atoms with Gasteiger partial charge in [0.15, 0.2) is 0 Å². The third-order valence-electron chi connectivity index (χ3n) is 3.74. The van der Waals surface area contributed by atoms with Crippen LogP contribution in [0.4, 0.5) is 0 Å². The average molecular weight is 315 g/mol. The highest BCUT2D eigenvalue weighted by molar-refractivity contribution is 5.76. The number of hydrogen-bond donors (Lipinski definition) is 0. The molecule has 0 spiro atoms. The SMILES string of the molecule is O=CN1CCN(C(=O)CCc2nnc(-c3cccnc3)o2)CC1. The van der Waals surface area contributed by atoms with Crippen molar-refractivity contribution >= 4 is 12.3 Å². The molecule has 0 N–H and O–H groups in total. The van der Waals surface area contributed by atoms with Crippen molar-refractivity contribution in [2.45, 2.75) is 12.8 Å². The summed E-state index contributed by atoms with van der Waals surface area (Å²) in [7, 11) is 0. The van der Waals surface area contributed by atoms with E-state index in [0.717, 1.165) is 12.0 Å². The zero-order chi connectivity index (χ0) is 16.1. The zero-order valence-corrected chi connectivity index (χ0v) is 12.6. The summed E-state index contributed by atoms with van der Waals surface area (Å²) in [5.41, 5.74) is 0.752. The van der Waals surface area contributed by atoms with Gasteiger partial charge < -0.3 is 14.2 Å². The summed E-state index contributed by atoms with van der Waals surface area (Å²) in [5, 5.41) is 7.94. The Morgan fingerprint density at radius 3 is 2.78 bits per heavy atom. The van der Waals surface area contributed by atoms with Gasteiger partial charge in [0, 0.05) is 51.4 Å². The molecule has 1 fully saturated rings. The Kier molecular flexibility index (Phi) is 4.60. The van der Waals surface area contributed by atoms with E-state index in [9.17, 15) is 9.59 Å². The third kappa shape index (κ3) is 3.71. The lowest BCUT2D eigenvalue weighted by molar-refractivity contribution is -0.135. The molecule has 3 heterocycles. The largest absolute Gasteiger partial charge is 0.421 e. The molecule has 8 nitrogen and oxygen atoms in total. The van der Waals surface area contributed by atoms with Crippen LogP contribution in [0.1, 0.15) is 12.3 Å². The predicted octanol–water partition coefficient (Wildman–Crippen LogP) is 0.365. The molecule has 120 valence electrons. The van der Waals surface area contributed by atoms with Crippen LogP contribution in [0, 0.1) is 0 Å². The first-order valence-corrected chi connectivity index (χ1v) is 7.46. The van der Waals surface area contributed by atoms with Crippen LogP contribution in [0.15, 0.2) is 28.9 Å². The smallest absolute Gasteiger partial charge is 0.249 e. The van der Waals surface area contributed by atoms with E-state index >= 15 is 0 Å². The normalized spacial score (nSPS) is 14.8. The molecule has 0 bridgehead atoms. The van der Waals surface area contributed by atoms with Gasteiger partial charge in [0.1, 0.15) is 0 Å². The van der Waals surface area contributed by atoms with Crippen molar-refractivity contribution < 1.29 is 14.0 Å². The van der Waals surface area contributed by atoms with E-state index in [1.54, 1.807) is 28.3 Å². The molecule has 3 rings (SSSR count). The van der Waals surface area contributed by atoms with Crippen LogP contribution < -0.4 is 0 Å². The highest BCUT2D eigenvalue weighted by Crippen LogP contribution is 2.16. The molecule has 0 saturated carbocycles. The van der Waals surface area contributed by atoms with E-state index in [4.69, 9.17) is 4.42 Å². The molecule has 2 aromatic rings. The predicted molar refractivity (Wildman–Crippen MR) is 80.1 cm³/mol. The summed E-state index contributed by atoms with van der Waals surface area (Å²) in [6, 6.07) is 3.63. The molecule has 8 heteroatoms. The van der Waals surface area contributed by atoms with Crippen LogP contribution in [0.25, 0.3) is 11.5 Å². The van der Waals surface area contributed by atoms with E-state index in [0.29, 0.717) is 50.8 Å². The second-order valence-electron chi connectivity index (χ2n) is 5.26. The van der Waals surface area contributed by atoms with Crippen LogP contribution >= 0.6 is 0 Å². The topological polar surface area (TPSA) is 92.4 Å². The Labute approximate surface area is 133 Å². The minimum atomic E-state index is 0.0386. The van der Waals surface area contributed by atoms with Crippen molar-refractivity contribution in [2.75, 3.05) is 26.2 Å². The lowest BCUT2D eigenvalue weighted by Crippen LogP contribution is -2.48. The number of rotatable bonds is 5.